The van der Waals surface area contributed by atoms with Crippen LogP contribution >= 0.6 is 31.9 Å². The maximum absolute atomic E-state index is 3.68. The van der Waals surface area contributed by atoms with Crippen LogP contribution in [0.1, 0.15) is 0 Å². The van der Waals surface area contributed by atoms with Gasteiger partial charge in [-0.15, -0.1) is 0 Å². The van der Waals surface area contributed by atoms with Gasteiger partial charge in [0, 0.05) is 47.2 Å². The van der Waals surface area contributed by atoms with Gasteiger partial charge in [0.2, 0.25) is 0 Å². The highest BCUT2D eigenvalue weighted by molar-refractivity contribution is 9.10. The molecule has 0 saturated carbocycles. The van der Waals surface area contributed by atoms with Gasteiger partial charge in [-0.25, -0.2) is 0 Å². The first kappa shape index (κ1) is 33.4. The molecule has 0 radical (unpaired) electrons. The minimum absolute atomic E-state index is 1.08. The number of H-pyrrole nitrogens is 1. The Hall–Kier alpha value is -5.46. The fourth-order valence-electron chi connectivity index (χ4n) is 7.97. The summed E-state index contributed by atoms with van der Waals surface area (Å²) in [6, 6.07) is 72.4. The lowest BCUT2D eigenvalue weighted by atomic mass is 10.2. The monoisotopic (exact) mass is 824 g/mol. The topological polar surface area (TPSA) is 20.7 Å². The first-order chi connectivity index (χ1) is 26.1. The molecule has 10 rings (SSSR count). The van der Waals surface area contributed by atoms with Crippen molar-refractivity contribution in [2.24, 2.45) is 0 Å². The third kappa shape index (κ3) is 5.95. The van der Waals surface area contributed by atoms with Gasteiger partial charge in [-0.3, -0.25) is 0 Å². The Kier molecular flexibility index (Phi) is 8.92. The highest BCUT2D eigenvalue weighted by Crippen LogP contribution is 2.35. The van der Waals surface area contributed by atoms with E-state index in [0.717, 1.165) is 14.6 Å². The second-order valence-corrected chi connectivity index (χ2v) is 18.9. The fraction of sp³-hybridized carbons (Fsp3) is 0. The molecule has 10 aromatic rings. The summed E-state index contributed by atoms with van der Waals surface area (Å²) in [4.78, 5) is 3.38. The lowest BCUT2D eigenvalue weighted by Crippen LogP contribution is -2.74. The molecule has 2 heterocycles. The first-order valence-corrected chi connectivity index (χ1v) is 21.3. The molecule has 0 aliphatic heterocycles. The number of halogens is 2. The molecular weight excluding hydrogens is 792 g/mol. The van der Waals surface area contributed by atoms with E-state index < -0.39 is 8.07 Å². The number of aromatic nitrogens is 2. The summed E-state index contributed by atoms with van der Waals surface area (Å²) in [6.45, 7) is 0. The van der Waals surface area contributed by atoms with Crippen molar-refractivity contribution in [3.63, 3.8) is 0 Å². The molecule has 0 amide bonds. The van der Waals surface area contributed by atoms with Gasteiger partial charge in [0.1, 0.15) is 0 Å². The number of nitrogens with zero attached hydrogens (tertiary/aromatic N) is 1. The van der Waals surface area contributed by atoms with Crippen molar-refractivity contribution in [1.29, 1.82) is 0 Å². The third-order valence-electron chi connectivity index (χ3n) is 10.3. The Balaban J connectivity index is 0.000000239. The largest absolute Gasteiger partial charge is 0.355 e. The van der Waals surface area contributed by atoms with Gasteiger partial charge in [0.05, 0.1) is 11.0 Å². The van der Waals surface area contributed by atoms with E-state index in [9.17, 15) is 0 Å². The van der Waals surface area contributed by atoms with E-state index in [1.807, 2.05) is 0 Å². The molecule has 2 aromatic heterocycles. The van der Waals surface area contributed by atoms with Crippen LogP contribution in [0.2, 0.25) is 0 Å². The van der Waals surface area contributed by atoms with Crippen LogP contribution in [0.25, 0.3) is 49.3 Å². The molecule has 0 bridgehead atoms. The maximum Gasteiger partial charge on any atom is 0.179 e. The fourth-order valence-corrected chi connectivity index (χ4v) is 13.4. The van der Waals surface area contributed by atoms with Crippen molar-refractivity contribution in [2.75, 3.05) is 0 Å². The molecule has 254 valence electrons. The Bertz CT molecular complexity index is 2640. The van der Waals surface area contributed by atoms with Crippen LogP contribution in [0.15, 0.2) is 209 Å². The van der Waals surface area contributed by atoms with Crippen LogP contribution in [-0.2, 0) is 0 Å². The summed E-state index contributed by atoms with van der Waals surface area (Å²) in [5, 5.41) is 10.6. The zero-order valence-electron chi connectivity index (χ0n) is 28.8. The van der Waals surface area contributed by atoms with Crippen LogP contribution in [0, 0.1) is 0 Å². The molecule has 0 atom stereocenters. The number of aromatic amines is 1. The van der Waals surface area contributed by atoms with E-state index in [0.29, 0.717) is 0 Å². The molecule has 0 saturated heterocycles. The molecule has 0 spiro atoms. The van der Waals surface area contributed by atoms with Gasteiger partial charge < -0.3 is 9.55 Å². The average molecular weight is 827 g/mol. The first-order valence-electron chi connectivity index (χ1n) is 17.7. The molecule has 2 nitrogen and oxygen atoms in total. The summed E-state index contributed by atoms with van der Waals surface area (Å²) < 4.78 is 4.54. The standard InChI is InChI=1S/C36H25Br2NSi.C12H9N/c37-26-16-22-35-33(24-26)34-25-27(38)17-23-36(34)39(35)28-18-20-32(21-19-28)40(29-10-4-1-5-11-29,30-12-6-2-7-13-30)31-14-8-3-9-15-31;1-3-7-11-9(5-1)10-6-2-4-8-12(10)13-11/h1-25H;1-8,13H. The number of rotatable bonds is 5. The molecular formula is C48H34Br2N2Si. The van der Waals surface area contributed by atoms with Gasteiger partial charge in [0.15, 0.2) is 8.07 Å². The van der Waals surface area contributed by atoms with E-state index in [-0.39, 0.29) is 0 Å². The number of fused-ring (bicyclic) bond motifs is 6. The smallest absolute Gasteiger partial charge is 0.179 e. The second-order valence-electron chi connectivity index (χ2n) is 13.3. The van der Waals surface area contributed by atoms with Crippen molar-refractivity contribution < 1.29 is 0 Å². The number of nitrogens with one attached hydrogen (secondary N) is 1. The third-order valence-corrected chi connectivity index (χ3v) is 16.1. The molecule has 0 unspecified atom stereocenters. The van der Waals surface area contributed by atoms with E-state index in [1.165, 1.54) is 64.4 Å². The normalized spacial score (nSPS) is 11.6. The minimum atomic E-state index is -2.55. The molecule has 53 heavy (non-hydrogen) atoms. The van der Waals surface area contributed by atoms with E-state index in [1.54, 1.807) is 0 Å². The maximum atomic E-state index is 3.68. The summed E-state index contributed by atoms with van der Waals surface area (Å²) in [5.41, 5.74) is 5.97. The molecule has 0 aliphatic rings. The van der Waals surface area contributed by atoms with Crippen molar-refractivity contribution >= 4 is 104 Å². The number of hydrogen-bond acceptors (Lipinski definition) is 0. The Morgan fingerprint density at radius 3 is 1.17 bits per heavy atom. The number of para-hydroxylation sites is 2. The van der Waals surface area contributed by atoms with Gasteiger partial charge in [-0.05, 0) is 81.4 Å². The van der Waals surface area contributed by atoms with Crippen molar-refractivity contribution in [2.45, 2.75) is 0 Å². The van der Waals surface area contributed by atoms with E-state index in [2.05, 4.69) is 242 Å². The molecule has 0 fully saturated rings. The Morgan fingerprint density at radius 1 is 0.358 bits per heavy atom. The predicted octanol–water partition coefficient (Wildman–Crippen LogP) is 11.0. The van der Waals surface area contributed by atoms with Crippen LogP contribution in [0.5, 0.6) is 0 Å². The summed E-state index contributed by atoms with van der Waals surface area (Å²) in [7, 11) is -2.55. The average Bonchev–Trinajstić information content (AvgIpc) is 3.75. The molecule has 0 aliphatic carbocycles. The predicted molar refractivity (Wildman–Crippen MR) is 236 cm³/mol. The number of benzene rings is 8. The molecule has 1 N–H and O–H groups in total. The minimum Gasteiger partial charge on any atom is -0.355 e. The van der Waals surface area contributed by atoms with Crippen molar-refractivity contribution in [3.05, 3.63) is 209 Å². The lowest BCUT2D eigenvalue weighted by molar-refractivity contribution is 1.18. The summed E-state index contributed by atoms with van der Waals surface area (Å²) in [6.07, 6.45) is 0. The highest BCUT2D eigenvalue weighted by Gasteiger charge is 2.41. The highest BCUT2D eigenvalue weighted by atomic mass is 79.9. The van der Waals surface area contributed by atoms with Crippen LogP contribution < -0.4 is 20.7 Å². The van der Waals surface area contributed by atoms with Crippen LogP contribution in [-0.4, -0.2) is 17.6 Å². The van der Waals surface area contributed by atoms with Crippen LogP contribution in [0.3, 0.4) is 0 Å². The van der Waals surface area contributed by atoms with Crippen LogP contribution in [0.4, 0.5) is 0 Å². The molecule has 5 heteroatoms. The molecule has 8 aromatic carbocycles. The van der Waals surface area contributed by atoms with E-state index in [4.69, 9.17) is 0 Å². The number of hydrogen-bond donors (Lipinski definition) is 1. The zero-order chi connectivity index (χ0) is 35.8. The second kappa shape index (κ2) is 14.2. The summed E-state index contributed by atoms with van der Waals surface area (Å²) in [5.74, 6) is 0. The van der Waals surface area contributed by atoms with Crippen molar-refractivity contribution in [3.8, 4) is 5.69 Å². The Morgan fingerprint density at radius 2 is 0.736 bits per heavy atom. The SMILES string of the molecule is Brc1ccc2c(c1)c1cc(Br)ccc1n2-c1ccc([Si](c2ccccc2)(c2ccccc2)c2ccccc2)cc1.c1ccc2c(c1)[nH]c1ccccc12. The van der Waals surface area contributed by atoms with Crippen molar-refractivity contribution in [1.82, 2.24) is 9.55 Å². The van der Waals surface area contributed by atoms with E-state index >= 15 is 0 Å². The van der Waals surface area contributed by atoms with Gasteiger partial charge in [0.25, 0.3) is 0 Å². The lowest BCUT2D eigenvalue weighted by Gasteiger charge is -2.34. The Labute approximate surface area is 326 Å². The van der Waals surface area contributed by atoms with Gasteiger partial charge in [-0.1, -0.05) is 171 Å². The summed E-state index contributed by atoms with van der Waals surface area (Å²) >= 11 is 7.37. The van der Waals surface area contributed by atoms with Gasteiger partial charge >= 0.3 is 0 Å². The zero-order valence-corrected chi connectivity index (χ0v) is 32.9. The van der Waals surface area contributed by atoms with Gasteiger partial charge in [-0.2, -0.15) is 0 Å². The quantitative estimate of drug-likeness (QED) is 0.132.